The van der Waals surface area contributed by atoms with E-state index in [2.05, 4.69) is 11.9 Å². The third-order valence-electron chi connectivity index (χ3n) is 3.67. The van der Waals surface area contributed by atoms with Gasteiger partial charge in [0.05, 0.1) is 18.0 Å². The summed E-state index contributed by atoms with van der Waals surface area (Å²) in [4.78, 5) is 12.5. The quantitative estimate of drug-likeness (QED) is 0.598. The number of hydrogen-bond acceptors (Lipinski definition) is 5. The lowest BCUT2D eigenvalue weighted by atomic mass is 10.3. The highest BCUT2D eigenvalue weighted by Gasteiger charge is 2.21. The Morgan fingerprint density at radius 1 is 1.17 bits per heavy atom. The number of ether oxygens (including phenoxy) is 2. The fraction of sp³-hybridized carbons (Fsp3) is 0.286. The van der Waals surface area contributed by atoms with E-state index in [0.29, 0.717) is 29.5 Å². The molecule has 0 saturated heterocycles. The predicted octanol–water partition coefficient (Wildman–Crippen LogP) is 3.44. The zero-order valence-electron chi connectivity index (χ0n) is 16.8. The average Bonchev–Trinajstić information content (AvgIpc) is 2.64. The number of nitrogens with zero attached hydrogens (tertiary/aromatic N) is 1. The van der Waals surface area contributed by atoms with E-state index in [9.17, 15) is 13.2 Å². The fourth-order valence-electron chi connectivity index (χ4n) is 2.50. The minimum Gasteiger partial charge on any atom is -0.491 e. The SMILES string of the molecule is C=CCOc1ccc(NC(=O)CN(c2cccc(OC(C)C)c2)S(C)(=O)=O)cc1. The molecule has 0 saturated carbocycles. The van der Waals surface area contributed by atoms with Crippen LogP contribution in [0.2, 0.25) is 0 Å². The van der Waals surface area contributed by atoms with Gasteiger partial charge in [0.1, 0.15) is 24.7 Å². The molecule has 0 aliphatic carbocycles. The molecule has 0 atom stereocenters. The molecular formula is C21H26N2O5S. The van der Waals surface area contributed by atoms with Crippen molar-refractivity contribution in [2.24, 2.45) is 0 Å². The Hall–Kier alpha value is -3.00. The first-order chi connectivity index (χ1) is 13.7. The number of sulfonamides is 1. The van der Waals surface area contributed by atoms with Crippen LogP contribution >= 0.6 is 0 Å². The third kappa shape index (κ3) is 7.15. The van der Waals surface area contributed by atoms with Crippen molar-refractivity contribution in [3.05, 3.63) is 61.2 Å². The van der Waals surface area contributed by atoms with E-state index in [4.69, 9.17) is 9.47 Å². The molecule has 0 radical (unpaired) electrons. The topological polar surface area (TPSA) is 84.9 Å². The molecule has 0 aliphatic rings. The molecule has 7 nitrogen and oxygen atoms in total. The lowest BCUT2D eigenvalue weighted by Crippen LogP contribution is -2.37. The summed E-state index contributed by atoms with van der Waals surface area (Å²) >= 11 is 0. The summed E-state index contributed by atoms with van der Waals surface area (Å²) in [5, 5.41) is 2.69. The van der Waals surface area contributed by atoms with Crippen molar-refractivity contribution >= 4 is 27.3 Å². The van der Waals surface area contributed by atoms with Crippen LogP contribution in [0.25, 0.3) is 0 Å². The van der Waals surface area contributed by atoms with Crippen molar-refractivity contribution in [3.63, 3.8) is 0 Å². The van der Waals surface area contributed by atoms with Crippen LogP contribution in [0.5, 0.6) is 11.5 Å². The second-order valence-corrected chi connectivity index (χ2v) is 8.51. The number of benzene rings is 2. The Morgan fingerprint density at radius 2 is 1.86 bits per heavy atom. The fourth-order valence-corrected chi connectivity index (χ4v) is 3.35. The molecule has 156 valence electrons. The van der Waals surface area contributed by atoms with Crippen LogP contribution in [-0.2, 0) is 14.8 Å². The van der Waals surface area contributed by atoms with Crippen molar-refractivity contribution in [1.29, 1.82) is 0 Å². The highest BCUT2D eigenvalue weighted by atomic mass is 32.2. The minimum atomic E-state index is -3.68. The lowest BCUT2D eigenvalue weighted by Gasteiger charge is -2.22. The van der Waals surface area contributed by atoms with Crippen molar-refractivity contribution < 1.29 is 22.7 Å². The molecule has 0 fully saturated rings. The zero-order valence-corrected chi connectivity index (χ0v) is 17.6. The number of carbonyl (C=O) groups is 1. The van der Waals surface area contributed by atoms with E-state index in [1.54, 1.807) is 54.6 Å². The van der Waals surface area contributed by atoms with Gasteiger partial charge in [0.2, 0.25) is 15.9 Å². The van der Waals surface area contributed by atoms with Crippen LogP contribution in [0.15, 0.2) is 61.2 Å². The van der Waals surface area contributed by atoms with Gasteiger partial charge >= 0.3 is 0 Å². The number of anilines is 2. The van der Waals surface area contributed by atoms with Gasteiger partial charge in [0, 0.05) is 11.8 Å². The summed E-state index contributed by atoms with van der Waals surface area (Å²) in [6.45, 7) is 7.36. The Bertz CT molecular complexity index is 940. The van der Waals surface area contributed by atoms with Crippen molar-refractivity contribution in [3.8, 4) is 11.5 Å². The van der Waals surface area contributed by atoms with Gasteiger partial charge in [0.25, 0.3) is 0 Å². The number of hydrogen-bond donors (Lipinski definition) is 1. The number of nitrogens with one attached hydrogen (secondary N) is 1. The van der Waals surface area contributed by atoms with E-state index in [0.717, 1.165) is 10.6 Å². The van der Waals surface area contributed by atoms with E-state index < -0.39 is 15.9 Å². The number of amides is 1. The lowest BCUT2D eigenvalue weighted by molar-refractivity contribution is -0.114. The van der Waals surface area contributed by atoms with Gasteiger partial charge in [-0.25, -0.2) is 8.42 Å². The molecule has 29 heavy (non-hydrogen) atoms. The Balaban J connectivity index is 2.12. The summed E-state index contributed by atoms with van der Waals surface area (Å²) in [5.74, 6) is 0.703. The average molecular weight is 419 g/mol. The first kappa shape index (κ1) is 22.3. The van der Waals surface area contributed by atoms with Crippen LogP contribution in [0.4, 0.5) is 11.4 Å². The summed E-state index contributed by atoms with van der Waals surface area (Å²) in [7, 11) is -3.68. The predicted molar refractivity (Wildman–Crippen MR) is 115 cm³/mol. The highest BCUT2D eigenvalue weighted by molar-refractivity contribution is 7.92. The number of rotatable bonds is 10. The van der Waals surface area contributed by atoms with E-state index in [1.165, 1.54) is 0 Å². The highest BCUT2D eigenvalue weighted by Crippen LogP contribution is 2.24. The first-order valence-electron chi connectivity index (χ1n) is 9.07. The normalized spacial score (nSPS) is 11.0. The van der Waals surface area contributed by atoms with Gasteiger partial charge in [0.15, 0.2) is 0 Å². The molecule has 2 aromatic carbocycles. The van der Waals surface area contributed by atoms with Gasteiger partial charge in [-0.3, -0.25) is 9.10 Å². The molecule has 0 unspecified atom stereocenters. The van der Waals surface area contributed by atoms with E-state index >= 15 is 0 Å². The summed E-state index contributed by atoms with van der Waals surface area (Å²) < 4.78 is 36.6. The maximum Gasteiger partial charge on any atom is 0.245 e. The largest absolute Gasteiger partial charge is 0.491 e. The van der Waals surface area contributed by atoms with Gasteiger partial charge < -0.3 is 14.8 Å². The smallest absolute Gasteiger partial charge is 0.245 e. The van der Waals surface area contributed by atoms with E-state index in [1.807, 2.05) is 13.8 Å². The van der Waals surface area contributed by atoms with Gasteiger partial charge in [-0.1, -0.05) is 18.7 Å². The van der Waals surface area contributed by atoms with Crippen LogP contribution in [-0.4, -0.2) is 39.8 Å². The molecule has 0 spiro atoms. The van der Waals surface area contributed by atoms with Crippen molar-refractivity contribution in [1.82, 2.24) is 0 Å². The Labute approximate surface area is 172 Å². The van der Waals surface area contributed by atoms with Crippen molar-refractivity contribution in [2.45, 2.75) is 20.0 Å². The third-order valence-corrected chi connectivity index (χ3v) is 4.81. The van der Waals surface area contributed by atoms with Gasteiger partial charge in [-0.05, 0) is 50.2 Å². The van der Waals surface area contributed by atoms with Crippen LogP contribution in [0.1, 0.15) is 13.8 Å². The summed E-state index contributed by atoms with van der Waals surface area (Å²) in [6, 6.07) is 13.4. The minimum absolute atomic E-state index is 0.0568. The molecule has 2 aromatic rings. The summed E-state index contributed by atoms with van der Waals surface area (Å²) in [6.07, 6.45) is 2.64. The second kappa shape index (κ2) is 9.97. The van der Waals surface area contributed by atoms with Crippen LogP contribution < -0.4 is 19.1 Å². The molecule has 0 aliphatic heterocycles. The Morgan fingerprint density at radius 3 is 2.45 bits per heavy atom. The van der Waals surface area contributed by atoms with Crippen LogP contribution in [0, 0.1) is 0 Å². The molecule has 8 heteroatoms. The molecule has 0 heterocycles. The maximum atomic E-state index is 12.5. The molecule has 0 bridgehead atoms. The van der Waals surface area contributed by atoms with E-state index in [-0.39, 0.29) is 12.6 Å². The Kier molecular flexibility index (Phi) is 7.67. The maximum absolute atomic E-state index is 12.5. The van der Waals surface area contributed by atoms with Crippen molar-refractivity contribution in [2.75, 3.05) is 29.0 Å². The molecule has 1 amide bonds. The zero-order chi connectivity index (χ0) is 21.4. The second-order valence-electron chi connectivity index (χ2n) is 6.61. The molecule has 2 rings (SSSR count). The molecular weight excluding hydrogens is 392 g/mol. The van der Waals surface area contributed by atoms with Gasteiger partial charge in [-0.15, -0.1) is 0 Å². The first-order valence-corrected chi connectivity index (χ1v) is 10.9. The number of carbonyl (C=O) groups excluding carboxylic acids is 1. The van der Waals surface area contributed by atoms with Gasteiger partial charge in [-0.2, -0.15) is 0 Å². The molecule has 1 N–H and O–H groups in total. The molecule has 0 aromatic heterocycles. The summed E-state index contributed by atoms with van der Waals surface area (Å²) in [5.41, 5.74) is 0.889. The van der Waals surface area contributed by atoms with Crippen LogP contribution in [0.3, 0.4) is 0 Å². The standard InChI is InChI=1S/C21H26N2O5S/c1-5-13-27-19-11-9-17(10-12-19)22-21(24)15-23(29(4,25)26)18-7-6-8-20(14-18)28-16(2)3/h5-12,14,16H,1,13,15H2,2-4H3,(H,22,24). The monoisotopic (exact) mass is 418 g/mol.